The molecule has 2 aliphatic rings. The Kier molecular flexibility index (Phi) is 10.1. The van der Waals surface area contributed by atoms with Gasteiger partial charge >= 0.3 is 5.97 Å². The van der Waals surface area contributed by atoms with Gasteiger partial charge in [-0.05, 0) is 61.5 Å². The summed E-state index contributed by atoms with van der Waals surface area (Å²) in [6.45, 7) is 0. The number of carboxylic acids is 1. The highest BCUT2D eigenvalue weighted by atomic mass is 35.5. The largest absolute Gasteiger partial charge is 0.481 e. The second kappa shape index (κ2) is 12.8. The lowest BCUT2D eigenvalue weighted by Gasteiger charge is -2.24. The molecule has 0 aromatic heterocycles. The smallest absolute Gasteiger partial charge is 0.303 e. The van der Waals surface area contributed by atoms with Gasteiger partial charge in [0, 0.05) is 17.7 Å². The molecule has 3 rings (SSSR count). The first kappa shape index (κ1) is 25.3. The first-order valence-corrected chi connectivity index (χ1v) is 12.9. The molecule has 1 aromatic rings. The molecule has 2 aliphatic carbocycles. The van der Waals surface area contributed by atoms with E-state index in [1.807, 2.05) is 30.3 Å². The van der Waals surface area contributed by atoms with Crippen LogP contribution in [0.4, 0.5) is 0 Å². The molecule has 0 spiro atoms. The summed E-state index contributed by atoms with van der Waals surface area (Å²) in [5.41, 5.74) is 2.03. The number of alkyl halides is 1. The summed E-state index contributed by atoms with van der Waals surface area (Å²) < 4.78 is 0. The molecule has 4 nitrogen and oxygen atoms in total. The molecule has 0 heterocycles. The number of hydrogen-bond acceptors (Lipinski definition) is 3. The van der Waals surface area contributed by atoms with Crippen molar-refractivity contribution in [1.82, 2.24) is 0 Å². The Bertz CT molecular complexity index is 726. The zero-order chi connectivity index (χ0) is 22.9. The van der Waals surface area contributed by atoms with Crippen molar-refractivity contribution in [2.24, 2.45) is 11.8 Å². The first-order chi connectivity index (χ1) is 15.5. The minimum atomic E-state index is -0.763. The van der Waals surface area contributed by atoms with Gasteiger partial charge in [0.05, 0.1) is 12.2 Å². The third kappa shape index (κ3) is 7.33. The van der Waals surface area contributed by atoms with Crippen molar-refractivity contribution in [3.05, 3.63) is 47.5 Å². The van der Waals surface area contributed by atoms with Gasteiger partial charge in [-0.1, -0.05) is 68.5 Å². The predicted molar refractivity (Wildman–Crippen MR) is 129 cm³/mol. The Morgan fingerprint density at radius 1 is 1.12 bits per heavy atom. The molecule has 3 N–H and O–H groups in total. The van der Waals surface area contributed by atoms with Crippen molar-refractivity contribution in [3.8, 4) is 0 Å². The molecule has 5 heteroatoms. The van der Waals surface area contributed by atoms with Gasteiger partial charge in [0.1, 0.15) is 0 Å². The van der Waals surface area contributed by atoms with Gasteiger partial charge in [0.25, 0.3) is 0 Å². The number of halogens is 1. The summed E-state index contributed by atoms with van der Waals surface area (Å²) in [6, 6.07) is 8.11. The highest BCUT2D eigenvalue weighted by molar-refractivity contribution is 6.21. The molecule has 2 saturated carbocycles. The van der Waals surface area contributed by atoms with Gasteiger partial charge in [-0.2, -0.15) is 0 Å². The fourth-order valence-corrected chi connectivity index (χ4v) is 5.99. The number of aliphatic hydroxyl groups is 2. The van der Waals surface area contributed by atoms with Crippen LogP contribution in [0.3, 0.4) is 0 Å². The van der Waals surface area contributed by atoms with Crippen LogP contribution in [-0.4, -0.2) is 32.8 Å². The topological polar surface area (TPSA) is 77.8 Å². The summed E-state index contributed by atoms with van der Waals surface area (Å²) in [5.74, 6) is 0.129. The summed E-state index contributed by atoms with van der Waals surface area (Å²) in [5, 5.41) is 30.0. The van der Waals surface area contributed by atoms with E-state index in [1.54, 1.807) is 0 Å². The van der Waals surface area contributed by atoms with E-state index in [-0.39, 0.29) is 23.6 Å². The number of carboxylic acid groups (broad SMARTS) is 1. The van der Waals surface area contributed by atoms with Crippen LogP contribution in [-0.2, 0) is 4.79 Å². The third-order valence-electron chi connectivity index (χ3n) is 7.42. The van der Waals surface area contributed by atoms with Crippen LogP contribution in [0.2, 0.25) is 0 Å². The van der Waals surface area contributed by atoms with E-state index in [0.717, 1.165) is 42.7 Å². The average molecular weight is 463 g/mol. The summed E-state index contributed by atoms with van der Waals surface area (Å²) in [6.07, 6.45) is 14.7. The second-order valence-electron chi connectivity index (χ2n) is 9.77. The van der Waals surface area contributed by atoms with E-state index in [0.29, 0.717) is 12.8 Å². The minimum absolute atomic E-state index is 0.0189. The van der Waals surface area contributed by atoms with E-state index in [1.165, 1.54) is 32.1 Å². The normalized spacial score (nSPS) is 27.7. The second-order valence-corrected chi connectivity index (χ2v) is 10.3. The summed E-state index contributed by atoms with van der Waals surface area (Å²) in [7, 11) is 0. The Morgan fingerprint density at radius 3 is 2.53 bits per heavy atom. The van der Waals surface area contributed by atoms with Crippen LogP contribution in [0.15, 0.2) is 36.4 Å². The van der Waals surface area contributed by atoms with Crippen molar-refractivity contribution in [1.29, 1.82) is 0 Å². The van der Waals surface area contributed by atoms with Gasteiger partial charge in [-0.3, -0.25) is 4.79 Å². The van der Waals surface area contributed by atoms with Crippen LogP contribution in [0.25, 0.3) is 0 Å². The molecule has 0 bridgehead atoms. The van der Waals surface area contributed by atoms with E-state index < -0.39 is 18.2 Å². The molecule has 0 saturated heterocycles. The number of aliphatic hydroxyl groups excluding tert-OH is 2. The Hall–Kier alpha value is -1.36. The lowest BCUT2D eigenvalue weighted by atomic mass is 9.83. The van der Waals surface area contributed by atoms with Gasteiger partial charge in [-0.25, -0.2) is 0 Å². The van der Waals surface area contributed by atoms with Crippen molar-refractivity contribution in [2.45, 2.75) is 101 Å². The van der Waals surface area contributed by atoms with Crippen molar-refractivity contribution in [2.75, 3.05) is 0 Å². The van der Waals surface area contributed by atoms with Crippen LogP contribution in [0, 0.1) is 11.8 Å². The maximum atomic E-state index is 10.7. The maximum Gasteiger partial charge on any atom is 0.303 e. The molecule has 1 unspecified atom stereocenters. The van der Waals surface area contributed by atoms with Gasteiger partial charge in [0.15, 0.2) is 0 Å². The molecule has 2 fully saturated rings. The van der Waals surface area contributed by atoms with E-state index in [4.69, 9.17) is 16.7 Å². The molecule has 32 heavy (non-hydrogen) atoms. The number of allylic oxidation sites excluding steroid dienone is 2. The Morgan fingerprint density at radius 2 is 1.84 bits per heavy atom. The highest BCUT2D eigenvalue weighted by Gasteiger charge is 2.41. The third-order valence-corrected chi connectivity index (χ3v) is 7.92. The molecule has 178 valence electrons. The molecule has 0 radical (unpaired) electrons. The number of benzene rings is 1. The standard InChI is InChI=1S/C27H39ClO4/c28-23-18-25(30)27(22(23)10-6-1-2-7-11-26(31)32)21-15-13-20(14-16-21)24(29)17-12-19-8-4-3-5-9-19/h1,6,13-16,19,22-25,27,29-30H,2-5,7-12,17-18H2,(H,31,32)/b6-1-/t22-,23+,24?,25+,27+/m0/s1. The van der Waals surface area contributed by atoms with Crippen LogP contribution < -0.4 is 0 Å². The van der Waals surface area contributed by atoms with Crippen molar-refractivity contribution >= 4 is 17.6 Å². The minimum Gasteiger partial charge on any atom is -0.481 e. The summed E-state index contributed by atoms with van der Waals surface area (Å²) in [4.78, 5) is 10.6. The van der Waals surface area contributed by atoms with Crippen molar-refractivity contribution < 1.29 is 20.1 Å². The molecule has 5 atom stereocenters. The number of carbonyl (C=O) groups is 1. The number of aliphatic carboxylic acids is 1. The average Bonchev–Trinajstić information content (AvgIpc) is 3.07. The molecule has 0 amide bonds. The Balaban J connectivity index is 1.54. The molecule has 0 aliphatic heterocycles. The maximum absolute atomic E-state index is 10.7. The number of hydrogen-bond donors (Lipinski definition) is 3. The van der Waals surface area contributed by atoms with Gasteiger partial charge in [-0.15, -0.1) is 11.6 Å². The molecular weight excluding hydrogens is 424 g/mol. The fraction of sp³-hybridized carbons (Fsp3) is 0.667. The van der Waals surface area contributed by atoms with Crippen LogP contribution >= 0.6 is 11.6 Å². The molecular formula is C27H39ClO4. The van der Waals surface area contributed by atoms with Crippen LogP contribution in [0.5, 0.6) is 0 Å². The number of unbranched alkanes of at least 4 members (excludes halogenated alkanes) is 1. The lowest BCUT2D eigenvalue weighted by Crippen LogP contribution is -2.18. The lowest BCUT2D eigenvalue weighted by molar-refractivity contribution is -0.137. The fourth-order valence-electron chi connectivity index (χ4n) is 5.54. The first-order valence-electron chi connectivity index (χ1n) is 12.4. The molecule has 1 aromatic carbocycles. The van der Waals surface area contributed by atoms with Crippen molar-refractivity contribution in [3.63, 3.8) is 0 Å². The van der Waals surface area contributed by atoms with Gasteiger partial charge in [0.2, 0.25) is 0 Å². The summed E-state index contributed by atoms with van der Waals surface area (Å²) >= 11 is 6.58. The van der Waals surface area contributed by atoms with E-state index in [2.05, 4.69) is 6.08 Å². The van der Waals surface area contributed by atoms with E-state index in [9.17, 15) is 15.0 Å². The van der Waals surface area contributed by atoms with Gasteiger partial charge < -0.3 is 15.3 Å². The zero-order valence-electron chi connectivity index (χ0n) is 19.0. The predicted octanol–water partition coefficient (Wildman–Crippen LogP) is 6.35. The van der Waals surface area contributed by atoms with Crippen LogP contribution in [0.1, 0.15) is 100 Å². The zero-order valence-corrected chi connectivity index (χ0v) is 19.8. The quantitative estimate of drug-likeness (QED) is 0.203. The number of rotatable bonds is 11. The SMILES string of the molecule is O=C(O)CCC/C=C\C[C@@H]1[C@@H](c2ccc(C(O)CCC3CCCCC3)cc2)[C@H](O)C[C@H]1Cl. The highest BCUT2D eigenvalue weighted by Crippen LogP contribution is 2.45. The van der Waals surface area contributed by atoms with E-state index >= 15 is 0 Å². The monoisotopic (exact) mass is 462 g/mol. The Labute approximate surface area is 197 Å².